The van der Waals surface area contributed by atoms with Crippen molar-refractivity contribution < 1.29 is 24.5 Å². The molecule has 0 aliphatic rings. The minimum atomic E-state index is -1.18. The molecule has 0 amide bonds. The fourth-order valence-corrected chi connectivity index (χ4v) is 1.12. The fourth-order valence-electron chi connectivity index (χ4n) is 1.12. The first kappa shape index (κ1) is 15.7. The molecule has 0 aliphatic carbocycles. The monoisotopic (exact) mass is 353 g/mol. The molecule has 1 rings (SSSR count). The van der Waals surface area contributed by atoms with Crippen molar-refractivity contribution in [1.82, 2.24) is 0 Å². The van der Waals surface area contributed by atoms with Crippen LogP contribution in [0.25, 0.3) is 0 Å². The summed E-state index contributed by atoms with van der Waals surface area (Å²) in [5.41, 5.74) is 5.10. The number of rotatable bonds is 5. The minimum absolute atomic E-state index is 0. The van der Waals surface area contributed by atoms with Crippen molar-refractivity contribution in [3.63, 3.8) is 0 Å². The van der Waals surface area contributed by atoms with E-state index in [-0.39, 0.29) is 54.0 Å². The molecule has 0 heterocycles. The van der Waals surface area contributed by atoms with Crippen LogP contribution < -0.4 is 10.5 Å². The van der Waals surface area contributed by atoms with Crippen LogP contribution in [0.4, 0.5) is 0 Å². The molecule has 0 atom stereocenters. The van der Waals surface area contributed by atoms with Crippen molar-refractivity contribution in [3.05, 3.63) is 29.3 Å². The van der Waals surface area contributed by atoms with Crippen LogP contribution in [-0.2, 0) is 0 Å². The maximum absolute atomic E-state index is 10.8. The zero-order chi connectivity index (χ0) is 12.1. The van der Waals surface area contributed by atoms with Crippen LogP contribution in [-0.4, -0.2) is 35.3 Å². The molecule has 0 fully saturated rings. The summed E-state index contributed by atoms with van der Waals surface area (Å²) in [6.45, 7) is 0.347. The molecule has 7 heteroatoms. The number of hydrogen-bond acceptors (Lipinski definition) is 4. The lowest BCUT2D eigenvalue weighted by Crippen LogP contribution is -2.13. The van der Waals surface area contributed by atoms with Gasteiger partial charge < -0.3 is 20.7 Å². The van der Waals surface area contributed by atoms with Crippen molar-refractivity contribution in [3.8, 4) is 5.75 Å². The maximum Gasteiger partial charge on any atom is 0.339 e. The number of ether oxygens (including phenoxy) is 1. The van der Waals surface area contributed by atoms with Crippen LogP contribution in [0.1, 0.15) is 20.7 Å². The number of carboxylic acid groups (broad SMARTS) is 2. The average Bonchev–Trinajstić information content (AvgIpc) is 2.25. The Morgan fingerprint density at radius 2 is 1.88 bits per heavy atom. The van der Waals surface area contributed by atoms with Gasteiger partial charge in [-0.05, 0) is 18.2 Å². The van der Waals surface area contributed by atoms with Crippen LogP contribution >= 0.6 is 24.0 Å². The maximum atomic E-state index is 10.8. The number of nitrogens with two attached hydrogens (primary N) is 1. The highest BCUT2D eigenvalue weighted by Gasteiger charge is 2.14. The van der Waals surface area contributed by atoms with Crippen LogP contribution in [0, 0.1) is 0 Å². The van der Waals surface area contributed by atoms with E-state index in [0.29, 0.717) is 0 Å². The average molecular weight is 353 g/mol. The Morgan fingerprint density at radius 3 is 2.35 bits per heavy atom. The Labute approximate surface area is 114 Å². The van der Waals surface area contributed by atoms with E-state index in [9.17, 15) is 9.59 Å². The quantitative estimate of drug-likeness (QED) is 0.683. The zero-order valence-electron chi connectivity index (χ0n) is 8.75. The predicted octanol–water partition coefficient (Wildman–Crippen LogP) is 1.04. The molecule has 0 saturated carbocycles. The molecule has 17 heavy (non-hydrogen) atoms. The Hall–Kier alpha value is -1.35. The lowest BCUT2D eigenvalue weighted by atomic mass is 10.1. The summed E-state index contributed by atoms with van der Waals surface area (Å²) in [4.78, 5) is 21.5. The summed E-state index contributed by atoms with van der Waals surface area (Å²) in [6, 6.07) is 3.57. The molecule has 0 radical (unpaired) electrons. The lowest BCUT2D eigenvalue weighted by molar-refractivity contribution is 0.0677. The third-order valence-corrected chi connectivity index (χ3v) is 1.83. The van der Waals surface area contributed by atoms with E-state index < -0.39 is 11.9 Å². The highest BCUT2D eigenvalue weighted by molar-refractivity contribution is 14.0. The summed E-state index contributed by atoms with van der Waals surface area (Å²) in [6.07, 6.45) is 0. The van der Waals surface area contributed by atoms with Crippen LogP contribution in [0.15, 0.2) is 18.2 Å². The first-order valence-electron chi connectivity index (χ1n) is 4.49. The Morgan fingerprint density at radius 1 is 1.24 bits per heavy atom. The van der Waals surface area contributed by atoms with Gasteiger partial charge in [-0.3, -0.25) is 0 Å². The van der Waals surface area contributed by atoms with Crippen molar-refractivity contribution in [2.45, 2.75) is 0 Å². The number of halogens is 1. The van der Waals surface area contributed by atoms with Crippen LogP contribution in [0.2, 0.25) is 0 Å². The van der Waals surface area contributed by atoms with Gasteiger partial charge in [0.15, 0.2) is 0 Å². The first-order chi connectivity index (χ1) is 7.56. The molecule has 1 aromatic rings. The van der Waals surface area contributed by atoms with E-state index in [4.69, 9.17) is 20.7 Å². The number of carbonyl (C=O) groups is 2. The summed E-state index contributed by atoms with van der Waals surface area (Å²) < 4.78 is 5.07. The summed E-state index contributed by atoms with van der Waals surface area (Å²) in [5, 5.41) is 17.6. The van der Waals surface area contributed by atoms with Crippen molar-refractivity contribution in [1.29, 1.82) is 0 Å². The molecular formula is C10H12INO5. The van der Waals surface area contributed by atoms with Gasteiger partial charge in [-0.1, -0.05) is 0 Å². The Balaban J connectivity index is 0.00000256. The zero-order valence-corrected chi connectivity index (χ0v) is 11.1. The third kappa shape index (κ3) is 4.19. The standard InChI is InChI=1S/C10H11NO5.HI/c11-3-4-16-8-5-6(9(12)13)1-2-7(8)10(14)15;/h1-2,5H,3-4,11H2,(H,12,13)(H,14,15);1H. The number of carboxylic acids is 2. The predicted molar refractivity (Wildman–Crippen MR) is 70.3 cm³/mol. The van der Waals surface area contributed by atoms with Crippen molar-refractivity contribution in [2.24, 2.45) is 5.73 Å². The third-order valence-electron chi connectivity index (χ3n) is 1.83. The normalized spacial score (nSPS) is 9.24. The SMILES string of the molecule is I.NCCOc1cc(C(=O)O)ccc1C(=O)O. The van der Waals surface area contributed by atoms with Gasteiger partial charge in [0.2, 0.25) is 0 Å². The fraction of sp³-hybridized carbons (Fsp3) is 0.200. The van der Waals surface area contributed by atoms with Gasteiger partial charge in [-0.15, -0.1) is 24.0 Å². The second-order valence-corrected chi connectivity index (χ2v) is 2.96. The molecule has 1 aromatic carbocycles. The largest absolute Gasteiger partial charge is 0.491 e. The van der Waals surface area contributed by atoms with Gasteiger partial charge in [0.25, 0.3) is 0 Å². The highest BCUT2D eigenvalue weighted by Crippen LogP contribution is 2.20. The van der Waals surface area contributed by atoms with E-state index in [1.807, 2.05) is 0 Å². The Bertz CT molecular complexity index is 421. The lowest BCUT2D eigenvalue weighted by Gasteiger charge is -2.08. The van der Waals surface area contributed by atoms with Crippen molar-refractivity contribution >= 4 is 35.9 Å². The van der Waals surface area contributed by atoms with E-state index in [1.165, 1.54) is 18.2 Å². The van der Waals surface area contributed by atoms with Crippen LogP contribution in [0.5, 0.6) is 5.75 Å². The first-order valence-corrected chi connectivity index (χ1v) is 4.49. The van der Waals surface area contributed by atoms with Crippen molar-refractivity contribution in [2.75, 3.05) is 13.2 Å². The highest BCUT2D eigenvalue weighted by atomic mass is 127. The molecule has 0 unspecified atom stereocenters. The summed E-state index contributed by atoms with van der Waals surface area (Å²) in [7, 11) is 0. The molecule has 0 aromatic heterocycles. The minimum Gasteiger partial charge on any atom is -0.491 e. The molecule has 0 spiro atoms. The molecule has 0 aliphatic heterocycles. The second-order valence-electron chi connectivity index (χ2n) is 2.96. The molecule has 4 N–H and O–H groups in total. The van der Waals surface area contributed by atoms with Gasteiger partial charge in [-0.25, -0.2) is 9.59 Å². The van der Waals surface area contributed by atoms with E-state index in [0.717, 1.165) is 0 Å². The second kappa shape index (κ2) is 7.07. The molecule has 0 saturated heterocycles. The number of hydrogen-bond donors (Lipinski definition) is 3. The van der Waals surface area contributed by atoms with Gasteiger partial charge in [0.1, 0.15) is 17.9 Å². The topological polar surface area (TPSA) is 110 Å². The van der Waals surface area contributed by atoms with Gasteiger partial charge in [0.05, 0.1) is 5.56 Å². The Kier molecular flexibility index (Phi) is 6.51. The van der Waals surface area contributed by atoms with E-state index in [2.05, 4.69) is 0 Å². The van der Waals surface area contributed by atoms with E-state index in [1.54, 1.807) is 0 Å². The van der Waals surface area contributed by atoms with E-state index >= 15 is 0 Å². The smallest absolute Gasteiger partial charge is 0.339 e. The molecule has 6 nitrogen and oxygen atoms in total. The molecule has 94 valence electrons. The molecular weight excluding hydrogens is 341 g/mol. The number of aromatic carboxylic acids is 2. The van der Waals surface area contributed by atoms with Crippen LogP contribution in [0.3, 0.4) is 0 Å². The summed E-state index contributed by atoms with van der Waals surface area (Å²) in [5.74, 6) is -2.31. The number of benzene rings is 1. The van der Waals surface area contributed by atoms with Gasteiger partial charge in [0, 0.05) is 6.54 Å². The van der Waals surface area contributed by atoms with Gasteiger partial charge in [-0.2, -0.15) is 0 Å². The summed E-state index contributed by atoms with van der Waals surface area (Å²) >= 11 is 0. The van der Waals surface area contributed by atoms with Gasteiger partial charge >= 0.3 is 11.9 Å². The molecule has 0 bridgehead atoms.